The monoisotopic (exact) mass is 623 g/mol. The zero-order valence-electron chi connectivity index (χ0n) is 24.2. The van der Waals surface area contributed by atoms with E-state index in [2.05, 4.69) is 120 Å². The lowest BCUT2D eigenvalue weighted by Crippen LogP contribution is -2.03. The molecule has 46 heavy (non-hydrogen) atoms. The van der Waals surface area contributed by atoms with Crippen LogP contribution in [-0.2, 0) is 0 Å². The van der Waals surface area contributed by atoms with Crippen molar-refractivity contribution >= 4 is 107 Å². The molecule has 4 nitrogen and oxygen atoms in total. The van der Waals surface area contributed by atoms with Gasteiger partial charge in [-0.15, -0.1) is 22.7 Å². The van der Waals surface area contributed by atoms with Gasteiger partial charge in [-0.2, -0.15) is 4.98 Å². The average Bonchev–Trinajstić information content (AvgIpc) is 3.86. The molecule has 5 heterocycles. The molecule has 0 spiro atoms. The highest BCUT2D eigenvalue weighted by Crippen LogP contribution is 2.45. The Labute approximate surface area is 269 Å². The van der Waals surface area contributed by atoms with Crippen molar-refractivity contribution in [2.45, 2.75) is 0 Å². The Kier molecular flexibility index (Phi) is 4.84. The van der Waals surface area contributed by atoms with Crippen LogP contribution in [0.25, 0.3) is 101 Å². The van der Waals surface area contributed by atoms with Crippen molar-refractivity contribution < 1.29 is 4.42 Å². The molecule has 6 heteroatoms. The van der Waals surface area contributed by atoms with Crippen LogP contribution in [0.15, 0.2) is 132 Å². The predicted octanol–water partition coefficient (Wildman–Crippen LogP) is 11.9. The molecule has 0 saturated heterocycles. The van der Waals surface area contributed by atoms with Gasteiger partial charge in [0.15, 0.2) is 0 Å². The van der Waals surface area contributed by atoms with Crippen LogP contribution in [0.2, 0.25) is 0 Å². The minimum absolute atomic E-state index is 0.590. The molecule has 0 aliphatic heterocycles. The van der Waals surface area contributed by atoms with Gasteiger partial charge in [-0.05, 0) is 30.3 Å². The minimum atomic E-state index is 0.590. The summed E-state index contributed by atoms with van der Waals surface area (Å²) in [6.07, 6.45) is 0. The summed E-state index contributed by atoms with van der Waals surface area (Å²) in [5, 5.41) is 9.31. The Balaban J connectivity index is 1.34. The number of benzene rings is 6. The number of hydrogen-bond acceptors (Lipinski definition) is 5. The highest BCUT2D eigenvalue weighted by Gasteiger charge is 2.24. The van der Waals surface area contributed by atoms with Gasteiger partial charge in [0.1, 0.15) is 5.58 Å². The van der Waals surface area contributed by atoms with E-state index in [9.17, 15) is 0 Å². The molecule has 0 atom stereocenters. The first-order valence-electron chi connectivity index (χ1n) is 15.3. The van der Waals surface area contributed by atoms with E-state index >= 15 is 0 Å². The molecule has 11 aromatic rings. The third kappa shape index (κ3) is 3.22. The van der Waals surface area contributed by atoms with Gasteiger partial charge in [-0.25, -0.2) is 4.98 Å². The number of rotatable bonds is 2. The Morgan fingerprint density at radius 1 is 0.500 bits per heavy atom. The Morgan fingerprint density at radius 2 is 1.22 bits per heavy atom. The van der Waals surface area contributed by atoms with Crippen molar-refractivity contribution in [2.75, 3.05) is 0 Å². The number of hydrogen-bond donors (Lipinski definition) is 0. The van der Waals surface area contributed by atoms with Gasteiger partial charge in [-0.1, -0.05) is 97.1 Å². The van der Waals surface area contributed by atoms with E-state index in [4.69, 9.17) is 14.4 Å². The third-order valence-electron chi connectivity index (χ3n) is 9.26. The first kappa shape index (κ1) is 24.7. The van der Waals surface area contributed by atoms with E-state index in [1.807, 2.05) is 34.8 Å². The van der Waals surface area contributed by atoms with E-state index < -0.39 is 0 Å². The highest BCUT2D eigenvalue weighted by atomic mass is 32.1. The number of fused-ring (bicyclic) bond motifs is 13. The van der Waals surface area contributed by atoms with E-state index in [1.54, 1.807) is 0 Å². The number of nitrogens with zero attached hydrogens (tertiary/aromatic N) is 3. The molecule has 0 fully saturated rings. The molecule has 6 aromatic carbocycles. The second-order valence-electron chi connectivity index (χ2n) is 11.7. The van der Waals surface area contributed by atoms with Gasteiger partial charge in [0, 0.05) is 62.1 Å². The SMILES string of the molecule is c1ccc2c(c1)oc1nc(-n3c4ccccc4c4ccc5sc6ccccc6c5c43)nc(-c3cccc4c3sc3ccccc34)c12. The second-order valence-corrected chi connectivity index (χ2v) is 13.9. The number of thiophene rings is 2. The van der Waals surface area contributed by atoms with E-state index in [0.717, 1.165) is 38.6 Å². The topological polar surface area (TPSA) is 43.9 Å². The van der Waals surface area contributed by atoms with Gasteiger partial charge in [0.2, 0.25) is 11.7 Å². The normalized spacial score (nSPS) is 12.3. The Bertz CT molecular complexity index is 3050. The summed E-state index contributed by atoms with van der Waals surface area (Å²) < 4.78 is 13.8. The fraction of sp³-hybridized carbons (Fsp3) is 0. The minimum Gasteiger partial charge on any atom is -0.437 e. The second kappa shape index (κ2) is 9.01. The van der Waals surface area contributed by atoms with Crippen molar-refractivity contribution in [1.82, 2.24) is 14.5 Å². The first-order valence-corrected chi connectivity index (χ1v) is 16.9. The molecule has 5 aromatic heterocycles. The van der Waals surface area contributed by atoms with Crippen LogP contribution in [0.5, 0.6) is 0 Å². The number of para-hydroxylation sites is 2. The average molecular weight is 624 g/mol. The first-order chi connectivity index (χ1) is 22.8. The fourth-order valence-corrected chi connectivity index (χ4v) is 9.64. The molecular weight excluding hydrogens is 603 g/mol. The van der Waals surface area contributed by atoms with Crippen molar-refractivity contribution in [2.24, 2.45) is 0 Å². The van der Waals surface area contributed by atoms with Crippen LogP contribution in [0.3, 0.4) is 0 Å². The van der Waals surface area contributed by atoms with Crippen molar-refractivity contribution in [3.63, 3.8) is 0 Å². The largest absolute Gasteiger partial charge is 0.437 e. The van der Waals surface area contributed by atoms with E-state index in [-0.39, 0.29) is 0 Å². The van der Waals surface area contributed by atoms with Crippen molar-refractivity contribution in [1.29, 1.82) is 0 Å². The molecule has 0 unspecified atom stereocenters. The lowest BCUT2D eigenvalue weighted by atomic mass is 10.0. The highest BCUT2D eigenvalue weighted by molar-refractivity contribution is 7.26. The summed E-state index contributed by atoms with van der Waals surface area (Å²) >= 11 is 3.64. The van der Waals surface area contributed by atoms with Crippen LogP contribution in [0.4, 0.5) is 0 Å². The predicted molar refractivity (Wildman–Crippen MR) is 195 cm³/mol. The van der Waals surface area contributed by atoms with Gasteiger partial charge >= 0.3 is 0 Å². The number of furan rings is 1. The fourth-order valence-electron chi connectivity index (χ4n) is 7.31. The number of aromatic nitrogens is 3. The maximum atomic E-state index is 6.53. The zero-order valence-corrected chi connectivity index (χ0v) is 25.8. The molecular formula is C40H21N3OS2. The molecule has 0 radical (unpaired) electrons. The zero-order chi connectivity index (χ0) is 29.9. The molecule has 0 saturated carbocycles. The van der Waals surface area contributed by atoms with Crippen molar-refractivity contribution in [3.05, 3.63) is 127 Å². The summed E-state index contributed by atoms with van der Waals surface area (Å²) in [5.41, 5.74) is 5.57. The van der Waals surface area contributed by atoms with E-state index in [1.165, 1.54) is 51.1 Å². The third-order valence-corrected chi connectivity index (χ3v) is 11.6. The lowest BCUT2D eigenvalue weighted by molar-refractivity contribution is 0.651. The van der Waals surface area contributed by atoms with Gasteiger partial charge < -0.3 is 4.42 Å². The maximum absolute atomic E-state index is 6.53. The van der Waals surface area contributed by atoms with Gasteiger partial charge in [0.05, 0.1) is 22.1 Å². The molecule has 214 valence electrons. The van der Waals surface area contributed by atoms with Crippen LogP contribution in [-0.4, -0.2) is 14.5 Å². The smallest absolute Gasteiger partial charge is 0.238 e. The molecule has 0 bridgehead atoms. The standard InChI is InChI=1S/C40H21N3OS2/c1-5-16-29-22(10-1)24-20-21-33-34(27-13-4-8-19-32(27)45-33)37(24)43(29)40-41-36(35-26-12-2-6-17-30(26)44-39(35)42-40)28-15-9-14-25-23-11-3-7-18-31(23)46-38(25)28/h1-21H. The van der Waals surface area contributed by atoms with Crippen molar-refractivity contribution in [3.8, 4) is 17.2 Å². The summed E-state index contributed by atoms with van der Waals surface area (Å²) in [4.78, 5) is 10.8. The van der Waals surface area contributed by atoms with E-state index in [0.29, 0.717) is 11.7 Å². The molecule has 0 amide bonds. The molecule has 0 aliphatic carbocycles. The summed E-state index contributed by atoms with van der Waals surface area (Å²) in [7, 11) is 0. The van der Waals surface area contributed by atoms with Gasteiger partial charge in [-0.3, -0.25) is 4.57 Å². The summed E-state index contributed by atoms with van der Waals surface area (Å²) in [6.45, 7) is 0. The Morgan fingerprint density at radius 3 is 2.11 bits per heavy atom. The summed E-state index contributed by atoms with van der Waals surface area (Å²) in [5.74, 6) is 0.605. The maximum Gasteiger partial charge on any atom is 0.238 e. The van der Waals surface area contributed by atoms with Crippen LogP contribution < -0.4 is 0 Å². The molecule has 11 rings (SSSR count). The van der Waals surface area contributed by atoms with Crippen LogP contribution in [0.1, 0.15) is 0 Å². The quantitative estimate of drug-likeness (QED) is 0.192. The van der Waals surface area contributed by atoms with Gasteiger partial charge in [0.25, 0.3) is 0 Å². The molecule has 0 N–H and O–H groups in total. The lowest BCUT2D eigenvalue weighted by Gasteiger charge is -2.11. The van der Waals surface area contributed by atoms with Crippen LogP contribution >= 0.6 is 22.7 Å². The molecule has 0 aliphatic rings. The van der Waals surface area contributed by atoms with Crippen LogP contribution in [0, 0.1) is 0 Å². The Hall–Kier alpha value is -5.56. The summed E-state index contributed by atoms with van der Waals surface area (Å²) in [6, 6.07) is 45.2.